The standard InChI is InChI=1S/C23H32F2N4O2/c1-23(2,3)31-22(30)29-14-8-9-15(29)11-13(10-14)27-21(26-4)28-19-12-16(19)20-17(24)6-5-7-18(20)25/h5-7,13-16,19H,8-12H2,1-4H3,(H2,26,27,28). The van der Waals surface area contributed by atoms with Crippen molar-refractivity contribution in [2.24, 2.45) is 4.99 Å². The van der Waals surface area contributed by atoms with Gasteiger partial charge in [0, 0.05) is 42.7 Å². The minimum Gasteiger partial charge on any atom is -0.444 e. The molecule has 170 valence electrons. The fourth-order valence-corrected chi connectivity index (χ4v) is 4.99. The third kappa shape index (κ3) is 4.77. The number of carbonyl (C=O) groups excluding carboxylic acids is 1. The summed E-state index contributed by atoms with van der Waals surface area (Å²) in [5.41, 5.74) is -0.352. The zero-order chi connectivity index (χ0) is 22.3. The Morgan fingerprint density at radius 3 is 2.26 bits per heavy atom. The molecule has 31 heavy (non-hydrogen) atoms. The molecule has 0 radical (unpaired) electrons. The van der Waals surface area contributed by atoms with Crippen LogP contribution < -0.4 is 10.6 Å². The Balaban J connectivity index is 1.33. The topological polar surface area (TPSA) is 66.0 Å². The maximum atomic E-state index is 14.0. The van der Waals surface area contributed by atoms with Gasteiger partial charge < -0.3 is 20.3 Å². The molecule has 1 amide bonds. The second-order valence-corrected chi connectivity index (χ2v) is 9.89. The monoisotopic (exact) mass is 434 g/mol. The maximum absolute atomic E-state index is 14.0. The molecule has 8 heteroatoms. The largest absolute Gasteiger partial charge is 0.444 e. The molecule has 2 aliphatic heterocycles. The van der Waals surface area contributed by atoms with Gasteiger partial charge in [-0.05, 0) is 65.0 Å². The van der Waals surface area contributed by atoms with E-state index in [1.807, 2.05) is 25.7 Å². The van der Waals surface area contributed by atoms with Crippen LogP contribution in [0.5, 0.6) is 0 Å². The molecule has 1 aromatic rings. The number of nitrogens with zero attached hydrogens (tertiary/aromatic N) is 2. The van der Waals surface area contributed by atoms with E-state index in [-0.39, 0.29) is 41.7 Å². The van der Waals surface area contributed by atoms with Crippen molar-refractivity contribution < 1.29 is 18.3 Å². The molecule has 2 heterocycles. The number of fused-ring (bicyclic) bond motifs is 2. The van der Waals surface area contributed by atoms with Gasteiger partial charge in [0.2, 0.25) is 0 Å². The van der Waals surface area contributed by atoms with E-state index < -0.39 is 17.2 Å². The summed E-state index contributed by atoms with van der Waals surface area (Å²) in [4.78, 5) is 18.8. The number of piperidine rings is 1. The Morgan fingerprint density at radius 2 is 1.71 bits per heavy atom. The van der Waals surface area contributed by atoms with Crippen LogP contribution in [0.1, 0.15) is 64.4 Å². The molecule has 2 saturated heterocycles. The fraction of sp³-hybridized carbons (Fsp3) is 0.652. The van der Waals surface area contributed by atoms with E-state index in [9.17, 15) is 13.6 Å². The van der Waals surface area contributed by atoms with E-state index >= 15 is 0 Å². The molecule has 6 nitrogen and oxygen atoms in total. The molecule has 2 bridgehead atoms. The van der Waals surface area contributed by atoms with E-state index in [4.69, 9.17) is 4.74 Å². The van der Waals surface area contributed by atoms with Crippen molar-refractivity contribution in [1.82, 2.24) is 15.5 Å². The predicted octanol–water partition coefficient (Wildman–Crippen LogP) is 3.92. The normalized spacial score (nSPS) is 30.2. The summed E-state index contributed by atoms with van der Waals surface area (Å²) in [6, 6.07) is 4.44. The lowest BCUT2D eigenvalue weighted by Crippen LogP contribution is -2.55. The van der Waals surface area contributed by atoms with Crippen LogP contribution in [0.25, 0.3) is 0 Å². The number of rotatable bonds is 3. The van der Waals surface area contributed by atoms with Gasteiger partial charge in [0.15, 0.2) is 5.96 Å². The van der Waals surface area contributed by atoms with Crippen LogP contribution >= 0.6 is 0 Å². The number of amides is 1. The molecule has 2 N–H and O–H groups in total. The lowest BCUT2D eigenvalue weighted by Gasteiger charge is -2.40. The van der Waals surface area contributed by atoms with Crippen LogP contribution in [0.15, 0.2) is 23.2 Å². The van der Waals surface area contributed by atoms with Gasteiger partial charge >= 0.3 is 6.09 Å². The predicted molar refractivity (Wildman–Crippen MR) is 115 cm³/mol. The molecule has 0 spiro atoms. The highest BCUT2D eigenvalue weighted by Gasteiger charge is 2.46. The van der Waals surface area contributed by atoms with E-state index in [0.717, 1.165) is 25.7 Å². The van der Waals surface area contributed by atoms with Gasteiger partial charge in [-0.15, -0.1) is 0 Å². The Kier molecular flexibility index (Phi) is 5.83. The molecule has 1 aliphatic carbocycles. The molecule has 3 fully saturated rings. The minimum atomic E-state index is -0.504. The molecule has 1 aromatic carbocycles. The molecule has 0 aromatic heterocycles. The van der Waals surface area contributed by atoms with Crippen LogP contribution in [-0.2, 0) is 4.74 Å². The van der Waals surface area contributed by atoms with Crippen molar-refractivity contribution in [3.63, 3.8) is 0 Å². The average molecular weight is 435 g/mol. The van der Waals surface area contributed by atoms with Crippen molar-refractivity contribution in [2.75, 3.05) is 7.05 Å². The molecule has 3 aliphatic rings. The Morgan fingerprint density at radius 1 is 1.10 bits per heavy atom. The highest BCUT2D eigenvalue weighted by Crippen LogP contribution is 2.43. The van der Waals surface area contributed by atoms with Crippen LogP contribution in [0, 0.1) is 11.6 Å². The van der Waals surface area contributed by atoms with Gasteiger partial charge in [0.05, 0.1) is 0 Å². The van der Waals surface area contributed by atoms with Gasteiger partial charge in [-0.2, -0.15) is 0 Å². The average Bonchev–Trinajstić information content (AvgIpc) is 3.35. The van der Waals surface area contributed by atoms with Crippen molar-refractivity contribution >= 4 is 12.1 Å². The Labute approximate surface area is 182 Å². The molecular weight excluding hydrogens is 402 g/mol. The number of halogens is 2. The van der Waals surface area contributed by atoms with Crippen molar-refractivity contribution in [1.29, 1.82) is 0 Å². The second-order valence-electron chi connectivity index (χ2n) is 9.89. The van der Waals surface area contributed by atoms with Gasteiger partial charge in [-0.1, -0.05) is 6.07 Å². The molecule has 4 rings (SSSR count). The third-order valence-electron chi connectivity index (χ3n) is 6.38. The lowest BCUT2D eigenvalue weighted by atomic mass is 9.98. The van der Waals surface area contributed by atoms with E-state index in [1.165, 1.54) is 18.2 Å². The van der Waals surface area contributed by atoms with Gasteiger partial charge in [-0.3, -0.25) is 4.99 Å². The number of guanidine groups is 1. The summed E-state index contributed by atoms with van der Waals surface area (Å²) in [5, 5.41) is 6.77. The fourth-order valence-electron chi connectivity index (χ4n) is 4.99. The number of aliphatic imine (C=N–C) groups is 1. The number of nitrogens with one attached hydrogen (secondary N) is 2. The quantitative estimate of drug-likeness (QED) is 0.559. The number of hydrogen-bond donors (Lipinski definition) is 2. The zero-order valence-electron chi connectivity index (χ0n) is 18.6. The summed E-state index contributed by atoms with van der Waals surface area (Å²) in [7, 11) is 1.70. The van der Waals surface area contributed by atoms with Gasteiger partial charge in [-0.25, -0.2) is 13.6 Å². The SMILES string of the molecule is CN=C(NC1CC2CCC(C1)N2C(=O)OC(C)(C)C)NC1CC1c1c(F)cccc1F. The first-order chi connectivity index (χ1) is 14.7. The number of ether oxygens (including phenoxy) is 1. The number of hydrogen-bond acceptors (Lipinski definition) is 3. The molecule has 4 atom stereocenters. The molecular formula is C23H32F2N4O2. The Bertz CT molecular complexity index is 835. The smallest absolute Gasteiger partial charge is 0.410 e. The first-order valence-electron chi connectivity index (χ1n) is 11.1. The van der Waals surface area contributed by atoms with E-state index in [1.54, 1.807) is 7.05 Å². The minimum absolute atomic E-state index is 0.0452. The Hall–Kier alpha value is -2.38. The highest BCUT2D eigenvalue weighted by atomic mass is 19.1. The lowest BCUT2D eigenvalue weighted by molar-refractivity contribution is 0.00545. The van der Waals surface area contributed by atoms with E-state index in [2.05, 4.69) is 15.6 Å². The summed E-state index contributed by atoms with van der Waals surface area (Å²) >= 11 is 0. The summed E-state index contributed by atoms with van der Waals surface area (Å²) in [5.74, 6) is -0.545. The van der Waals surface area contributed by atoms with Crippen LogP contribution in [0.2, 0.25) is 0 Å². The molecule has 1 saturated carbocycles. The number of carbonyl (C=O) groups is 1. The highest BCUT2D eigenvalue weighted by molar-refractivity contribution is 5.81. The molecule has 4 unspecified atom stereocenters. The van der Waals surface area contributed by atoms with Gasteiger partial charge in [0.25, 0.3) is 0 Å². The third-order valence-corrected chi connectivity index (χ3v) is 6.38. The summed E-state index contributed by atoms with van der Waals surface area (Å²) in [6.45, 7) is 5.65. The first kappa shape index (κ1) is 21.8. The second kappa shape index (κ2) is 8.28. The van der Waals surface area contributed by atoms with Crippen molar-refractivity contribution in [3.05, 3.63) is 35.4 Å². The van der Waals surface area contributed by atoms with Gasteiger partial charge in [0.1, 0.15) is 17.2 Å². The summed E-state index contributed by atoms with van der Waals surface area (Å²) in [6.07, 6.45) is 4.05. The van der Waals surface area contributed by atoms with Crippen molar-refractivity contribution in [2.45, 2.75) is 88.6 Å². The zero-order valence-corrected chi connectivity index (χ0v) is 18.6. The van der Waals surface area contributed by atoms with Crippen LogP contribution in [0.3, 0.4) is 0 Å². The van der Waals surface area contributed by atoms with Crippen LogP contribution in [-0.4, -0.2) is 53.8 Å². The van der Waals surface area contributed by atoms with E-state index in [0.29, 0.717) is 12.4 Å². The first-order valence-corrected chi connectivity index (χ1v) is 11.1. The van der Waals surface area contributed by atoms with Crippen LogP contribution in [0.4, 0.5) is 13.6 Å². The summed E-state index contributed by atoms with van der Waals surface area (Å²) < 4.78 is 33.7. The number of benzene rings is 1. The maximum Gasteiger partial charge on any atom is 0.410 e. The van der Waals surface area contributed by atoms with Crippen molar-refractivity contribution in [3.8, 4) is 0 Å².